The van der Waals surface area contributed by atoms with Crippen LogP contribution in [0, 0.1) is 0 Å². The maximum Gasteiger partial charge on any atom is 0.321 e. The smallest absolute Gasteiger partial charge is 0.321 e. The summed E-state index contributed by atoms with van der Waals surface area (Å²) >= 11 is 0. The van der Waals surface area contributed by atoms with Gasteiger partial charge in [-0.25, -0.2) is 4.79 Å². The predicted molar refractivity (Wildman–Crippen MR) is 79.0 cm³/mol. The second kappa shape index (κ2) is 7.53. The highest BCUT2D eigenvalue weighted by Gasteiger charge is 2.12. The molecule has 1 aromatic carbocycles. The first-order valence-corrected chi connectivity index (χ1v) is 6.74. The molecule has 0 atom stereocenters. The van der Waals surface area contributed by atoms with Gasteiger partial charge in [0.15, 0.2) is 0 Å². The molecule has 0 saturated carbocycles. The molecular weight excluding hydrogens is 256 g/mol. The van der Waals surface area contributed by atoms with Crippen molar-refractivity contribution in [3.05, 3.63) is 29.8 Å². The Labute approximate surface area is 119 Å². The number of aliphatic carboxylic acids is 1. The largest absolute Gasteiger partial charge is 0.481 e. The second-order valence-electron chi connectivity index (χ2n) is 5.09. The number of nitrogens with zero attached hydrogens (tertiary/aromatic N) is 1. The van der Waals surface area contributed by atoms with Crippen molar-refractivity contribution in [2.24, 2.45) is 0 Å². The van der Waals surface area contributed by atoms with Gasteiger partial charge >= 0.3 is 12.0 Å². The van der Waals surface area contributed by atoms with Gasteiger partial charge in [0.25, 0.3) is 0 Å². The topological polar surface area (TPSA) is 69.6 Å². The van der Waals surface area contributed by atoms with Gasteiger partial charge in [0, 0.05) is 25.7 Å². The molecule has 2 N–H and O–H groups in total. The van der Waals surface area contributed by atoms with E-state index in [4.69, 9.17) is 5.11 Å². The Kier molecular flexibility index (Phi) is 6.03. The number of carboxylic acid groups (broad SMARTS) is 1. The fraction of sp³-hybridized carbons (Fsp3) is 0.467. The van der Waals surface area contributed by atoms with Gasteiger partial charge in [-0.15, -0.1) is 0 Å². The van der Waals surface area contributed by atoms with Crippen LogP contribution in [0.1, 0.15) is 38.2 Å². The van der Waals surface area contributed by atoms with Gasteiger partial charge in [-0.3, -0.25) is 4.79 Å². The van der Waals surface area contributed by atoms with Crippen molar-refractivity contribution in [2.45, 2.75) is 32.6 Å². The molecule has 0 fully saturated rings. The van der Waals surface area contributed by atoms with Crippen molar-refractivity contribution < 1.29 is 14.7 Å². The standard InChI is InChI=1S/C15H22N2O3/c1-11(2)12-7-4-5-8-13(12)16-15(20)17(3)10-6-9-14(18)19/h4-5,7-8,11H,6,9-10H2,1-3H3,(H,16,20)(H,18,19). The molecule has 1 rings (SSSR count). The number of hydrogen-bond acceptors (Lipinski definition) is 2. The third-order valence-electron chi connectivity index (χ3n) is 3.06. The molecule has 5 heteroatoms. The van der Waals surface area contributed by atoms with Crippen molar-refractivity contribution >= 4 is 17.7 Å². The van der Waals surface area contributed by atoms with Crippen LogP contribution in [0.3, 0.4) is 0 Å². The molecule has 0 aliphatic rings. The fourth-order valence-corrected chi connectivity index (χ4v) is 1.89. The quantitative estimate of drug-likeness (QED) is 0.839. The van der Waals surface area contributed by atoms with Gasteiger partial charge in [0.05, 0.1) is 0 Å². The summed E-state index contributed by atoms with van der Waals surface area (Å²) in [6.07, 6.45) is 0.519. The number of rotatable bonds is 6. The number of benzene rings is 1. The normalized spacial score (nSPS) is 10.4. The van der Waals surface area contributed by atoms with Crippen molar-refractivity contribution in [3.8, 4) is 0 Å². The number of anilines is 1. The molecule has 0 unspecified atom stereocenters. The molecule has 0 radical (unpaired) electrons. The van der Waals surface area contributed by atoms with E-state index in [1.165, 1.54) is 4.90 Å². The number of nitrogens with one attached hydrogen (secondary N) is 1. The van der Waals surface area contributed by atoms with Gasteiger partial charge in [-0.05, 0) is 24.0 Å². The molecule has 20 heavy (non-hydrogen) atoms. The van der Waals surface area contributed by atoms with E-state index in [0.29, 0.717) is 18.9 Å². The summed E-state index contributed by atoms with van der Waals surface area (Å²) < 4.78 is 0. The lowest BCUT2D eigenvalue weighted by molar-refractivity contribution is -0.137. The average molecular weight is 278 g/mol. The summed E-state index contributed by atoms with van der Waals surface area (Å²) in [5, 5.41) is 11.4. The lowest BCUT2D eigenvalue weighted by Crippen LogP contribution is -2.32. The minimum Gasteiger partial charge on any atom is -0.481 e. The summed E-state index contributed by atoms with van der Waals surface area (Å²) in [6, 6.07) is 7.47. The van der Waals surface area contributed by atoms with Crippen LogP contribution in [0.25, 0.3) is 0 Å². The van der Waals surface area contributed by atoms with Crippen LogP contribution in [0.5, 0.6) is 0 Å². The highest BCUT2D eigenvalue weighted by atomic mass is 16.4. The molecule has 110 valence electrons. The first-order chi connectivity index (χ1) is 9.41. The van der Waals surface area contributed by atoms with Crippen LogP contribution >= 0.6 is 0 Å². The first-order valence-electron chi connectivity index (χ1n) is 6.74. The Morgan fingerprint density at radius 2 is 1.95 bits per heavy atom. The van der Waals surface area contributed by atoms with Crippen LogP contribution in [-0.2, 0) is 4.79 Å². The van der Waals surface area contributed by atoms with E-state index < -0.39 is 5.97 Å². The Hall–Kier alpha value is -2.04. The predicted octanol–water partition coefficient (Wildman–Crippen LogP) is 3.14. The summed E-state index contributed by atoms with van der Waals surface area (Å²) in [7, 11) is 1.66. The number of carboxylic acids is 1. The number of amides is 2. The molecule has 0 aromatic heterocycles. The van der Waals surface area contributed by atoms with Gasteiger partial charge in [-0.1, -0.05) is 32.0 Å². The zero-order chi connectivity index (χ0) is 15.1. The van der Waals surface area contributed by atoms with E-state index in [2.05, 4.69) is 19.2 Å². The number of para-hydroxylation sites is 1. The Morgan fingerprint density at radius 3 is 2.55 bits per heavy atom. The molecule has 1 aromatic rings. The number of carbonyl (C=O) groups excluding carboxylic acids is 1. The zero-order valence-electron chi connectivity index (χ0n) is 12.2. The van der Waals surface area contributed by atoms with E-state index >= 15 is 0 Å². The second-order valence-corrected chi connectivity index (χ2v) is 5.09. The van der Waals surface area contributed by atoms with Crippen LogP contribution < -0.4 is 5.32 Å². The molecule has 0 spiro atoms. The number of urea groups is 1. The molecule has 0 saturated heterocycles. The van der Waals surface area contributed by atoms with Gasteiger partial charge in [0.1, 0.15) is 0 Å². The zero-order valence-corrected chi connectivity index (χ0v) is 12.2. The summed E-state index contributed by atoms with van der Waals surface area (Å²) in [4.78, 5) is 24.0. The molecule has 5 nitrogen and oxygen atoms in total. The maximum absolute atomic E-state index is 12.0. The average Bonchev–Trinajstić information content (AvgIpc) is 2.38. The van der Waals surface area contributed by atoms with Crippen LogP contribution in [0.4, 0.5) is 10.5 Å². The highest BCUT2D eigenvalue weighted by Crippen LogP contribution is 2.23. The summed E-state index contributed by atoms with van der Waals surface area (Å²) in [5.74, 6) is -0.521. The lowest BCUT2D eigenvalue weighted by atomic mass is 10.0. The first kappa shape index (κ1) is 16.0. The van der Waals surface area contributed by atoms with Crippen molar-refractivity contribution in [3.63, 3.8) is 0 Å². The van der Waals surface area contributed by atoms with Crippen molar-refractivity contribution in [1.82, 2.24) is 4.90 Å². The molecule has 2 amide bonds. The summed E-state index contributed by atoms with van der Waals surface area (Å²) in [6.45, 7) is 4.56. The molecular formula is C15H22N2O3. The van der Waals surface area contributed by atoms with Gasteiger partial charge in [-0.2, -0.15) is 0 Å². The lowest BCUT2D eigenvalue weighted by Gasteiger charge is -2.20. The third kappa shape index (κ3) is 4.91. The Bertz CT molecular complexity index is 472. The molecule has 0 aliphatic carbocycles. The van der Waals surface area contributed by atoms with E-state index in [1.807, 2.05) is 24.3 Å². The number of hydrogen-bond donors (Lipinski definition) is 2. The molecule has 0 aliphatic heterocycles. The molecule has 0 heterocycles. The Balaban J connectivity index is 2.59. The van der Waals surface area contributed by atoms with Crippen molar-refractivity contribution in [1.29, 1.82) is 0 Å². The SMILES string of the molecule is CC(C)c1ccccc1NC(=O)N(C)CCCC(=O)O. The van der Waals surface area contributed by atoms with Crippen LogP contribution in [0.15, 0.2) is 24.3 Å². The van der Waals surface area contributed by atoms with Gasteiger partial charge < -0.3 is 15.3 Å². The van der Waals surface area contributed by atoms with Crippen LogP contribution in [-0.4, -0.2) is 35.6 Å². The Morgan fingerprint density at radius 1 is 1.30 bits per heavy atom. The number of carbonyl (C=O) groups is 2. The molecule has 0 bridgehead atoms. The van der Waals surface area contributed by atoms with E-state index in [9.17, 15) is 9.59 Å². The van der Waals surface area contributed by atoms with E-state index in [0.717, 1.165) is 11.3 Å². The van der Waals surface area contributed by atoms with Gasteiger partial charge in [0.2, 0.25) is 0 Å². The fourth-order valence-electron chi connectivity index (χ4n) is 1.89. The van der Waals surface area contributed by atoms with E-state index in [-0.39, 0.29) is 12.5 Å². The highest BCUT2D eigenvalue weighted by molar-refractivity contribution is 5.90. The summed E-state index contributed by atoms with van der Waals surface area (Å²) in [5.41, 5.74) is 1.89. The van der Waals surface area contributed by atoms with Crippen LogP contribution in [0.2, 0.25) is 0 Å². The maximum atomic E-state index is 12.0. The third-order valence-corrected chi connectivity index (χ3v) is 3.06. The minimum atomic E-state index is -0.844. The van der Waals surface area contributed by atoms with E-state index in [1.54, 1.807) is 7.05 Å². The minimum absolute atomic E-state index is 0.0696. The monoisotopic (exact) mass is 278 g/mol. The van der Waals surface area contributed by atoms with Crippen molar-refractivity contribution in [2.75, 3.05) is 18.9 Å².